The number of amides is 1. The van der Waals surface area contributed by atoms with Crippen molar-refractivity contribution in [3.63, 3.8) is 0 Å². The molecule has 146 valence electrons. The number of rotatable bonds is 6. The van der Waals surface area contributed by atoms with Gasteiger partial charge in [0, 0.05) is 28.0 Å². The zero-order valence-corrected chi connectivity index (χ0v) is 17.7. The Morgan fingerprint density at radius 2 is 1.81 bits per heavy atom. The second-order valence-electron chi connectivity index (χ2n) is 7.87. The van der Waals surface area contributed by atoms with Gasteiger partial charge in [-0.1, -0.05) is 44.5 Å². The maximum Gasteiger partial charge on any atom is 0.257 e. The normalized spacial score (nSPS) is 12.9. The van der Waals surface area contributed by atoms with Gasteiger partial charge in [0.1, 0.15) is 5.56 Å². The van der Waals surface area contributed by atoms with Crippen molar-refractivity contribution < 1.29 is 14.1 Å². The molecule has 0 radical (unpaired) electrons. The van der Waals surface area contributed by atoms with E-state index in [1.54, 1.807) is 25.1 Å². The van der Waals surface area contributed by atoms with E-state index in [1.165, 1.54) is 0 Å². The second-order valence-corrected chi connectivity index (χ2v) is 8.28. The molecule has 5 nitrogen and oxygen atoms in total. The minimum absolute atomic E-state index is 0.0361. The Balaban J connectivity index is 2.24. The number of ketones is 1. The van der Waals surface area contributed by atoms with Crippen LogP contribution in [0, 0.1) is 19.3 Å². The third kappa shape index (κ3) is 4.24. The molecule has 1 unspecified atom stereocenters. The summed E-state index contributed by atoms with van der Waals surface area (Å²) in [6, 6.07) is 4.82. The van der Waals surface area contributed by atoms with E-state index in [1.807, 2.05) is 41.5 Å². The highest BCUT2D eigenvalue weighted by molar-refractivity contribution is 6.31. The van der Waals surface area contributed by atoms with Gasteiger partial charge in [0.15, 0.2) is 11.5 Å². The standard InChI is InChI=1S/C21H27ClN2O3/c1-11(2)18-17(13(4)24-27-18)20(26)23-14(5)21(6,7)19(25)15-8-9-16(22)12(3)10-15/h8-11,14H,1-7H3,(H,23,26). The van der Waals surface area contributed by atoms with Crippen LogP contribution in [0.25, 0.3) is 0 Å². The van der Waals surface area contributed by atoms with Crippen LogP contribution in [0.4, 0.5) is 0 Å². The molecule has 0 fully saturated rings. The summed E-state index contributed by atoms with van der Waals surface area (Å²) in [6.07, 6.45) is 0. The molecule has 0 aliphatic rings. The zero-order chi connectivity index (χ0) is 20.5. The topological polar surface area (TPSA) is 72.2 Å². The van der Waals surface area contributed by atoms with Crippen LogP contribution in [0.15, 0.2) is 22.7 Å². The monoisotopic (exact) mass is 390 g/mol. The molecule has 0 spiro atoms. The molecular weight excluding hydrogens is 364 g/mol. The molecule has 27 heavy (non-hydrogen) atoms. The van der Waals surface area contributed by atoms with E-state index in [-0.39, 0.29) is 17.6 Å². The van der Waals surface area contributed by atoms with Crippen LogP contribution >= 0.6 is 11.6 Å². The van der Waals surface area contributed by atoms with Crippen LogP contribution in [0.2, 0.25) is 5.02 Å². The number of Topliss-reactive ketones (excluding diaryl/α,β-unsaturated/α-hetero) is 1. The molecule has 1 heterocycles. The zero-order valence-electron chi connectivity index (χ0n) is 16.9. The fourth-order valence-electron chi connectivity index (χ4n) is 2.86. The van der Waals surface area contributed by atoms with Gasteiger partial charge >= 0.3 is 0 Å². The number of benzene rings is 1. The third-order valence-electron chi connectivity index (χ3n) is 5.08. The Bertz CT molecular complexity index is 868. The number of hydrogen-bond acceptors (Lipinski definition) is 4. The average Bonchev–Trinajstić information content (AvgIpc) is 2.98. The fourth-order valence-corrected chi connectivity index (χ4v) is 2.98. The molecular formula is C21H27ClN2O3. The molecule has 2 rings (SSSR count). The fraction of sp³-hybridized carbons (Fsp3) is 0.476. The summed E-state index contributed by atoms with van der Waals surface area (Å²) in [5.74, 6) is 0.253. The van der Waals surface area contributed by atoms with Crippen molar-refractivity contribution in [2.75, 3.05) is 0 Å². The number of carbonyl (C=O) groups is 2. The lowest BCUT2D eigenvalue weighted by molar-refractivity contribution is 0.0758. The maximum absolute atomic E-state index is 13.1. The van der Waals surface area contributed by atoms with Gasteiger partial charge in [-0.25, -0.2) is 0 Å². The molecule has 1 atom stereocenters. The lowest BCUT2D eigenvalue weighted by Crippen LogP contribution is -2.47. The molecule has 6 heteroatoms. The molecule has 1 N–H and O–H groups in total. The second kappa shape index (κ2) is 7.85. The maximum atomic E-state index is 13.1. The molecule has 0 saturated heterocycles. The van der Waals surface area contributed by atoms with Crippen LogP contribution in [-0.4, -0.2) is 22.9 Å². The van der Waals surface area contributed by atoms with Gasteiger partial charge in [-0.3, -0.25) is 9.59 Å². The van der Waals surface area contributed by atoms with Gasteiger partial charge < -0.3 is 9.84 Å². The highest BCUT2D eigenvalue weighted by Gasteiger charge is 2.36. The molecule has 2 aromatic rings. The third-order valence-corrected chi connectivity index (χ3v) is 5.50. The van der Waals surface area contributed by atoms with Crippen molar-refractivity contribution in [3.05, 3.63) is 51.4 Å². The first-order chi connectivity index (χ1) is 12.5. The molecule has 1 amide bonds. The number of aryl methyl sites for hydroxylation is 2. The quantitative estimate of drug-likeness (QED) is 0.697. The number of nitrogens with one attached hydrogen (secondary N) is 1. The van der Waals surface area contributed by atoms with E-state index in [9.17, 15) is 9.59 Å². The minimum atomic E-state index is -0.807. The number of carbonyl (C=O) groups excluding carboxylic acids is 2. The van der Waals surface area contributed by atoms with Crippen molar-refractivity contribution >= 4 is 23.3 Å². The SMILES string of the molecule is Cc1cc(C(=O)C(C)(C)C(C)NC(=O)c2c(C)noc2C(C)C)ccc1Cl. The minimum Gasteiger partial charge on any atom is -0.360 e. The summed E-state index contributed by atoms with van der Waals surface area (Å²) >= 11 is 6.06. The Kier molecular flexibility index (Phi) is 6.15. The highest BCUT2D eigenvalue weighted by Crippen LogP contribution is 2.29. The molecule has 0 saturated carbocycles. The summed E-state index contributed by atoms with van der Waals surface area (Å²) in [5, 5.41) is 7.48. The smallest absolute Gasteiger partial charge is 0.257 e. The molecule has 1 aromatic heterocycles. The number of aromatic nitrogens is 1. The first kappa shape index (κ1) is 21.2. The van der Waals surface area contributed by atoms with Gasteiger partial charge in [0.25, 0.3) is 5.91 Å². The highest BCUT2D eigenvalue weighted by atomic mass is 35.5. The first-order valence-electron chi connectivity index (χ1n) is 9.04. The number of hydrogen-bond donors (Lipinski definition) is 1. The molecule has 1 aromatic carbocycles. The van der Waals surface area contributed by atoms with Crippen LogP contribution in [0.3, 0.4) is 0 Å². The summed E-state index contributed by atoms with van der Waals surface area (Å²) in [4.78, 5) is 25.9. The van der Waals surface area contributed by atoms with E-state index in [0.717, 1.165) is 5.56 Å². The Morgan fingerprint density at radius 1 is 1.19 bits per heavy atom. The van der Waals surface area contributed by atoms with Gasteiger partial charge in [-0.15, -0.1) is 0 Å². The van der Waals surface area contributed by atoms with E-state index in [0.29, 0.717) is 27.6 Å². The van der Waals surface area contributed by atoms with Crippen molar-refractivity contribution in [2.24, 2.45) is 5.41 Å². The van der Waals surface area contributed by atoms with E-state index < -0.39 is 11.5 Å². The lowest BCUT2D eigenvalue weighted by atomic mass is 9.78. The van der Waals surface area contributed by atoms with Crippen molar-refractivity contribution in [3.8, 4) is 0 Å². The first-order valence-corrected chi connectivity index (χ1v) is 9.42. The van der Waals surface area contributed by atoms with E-state index in [4.69, 9.17) is 16.1 Å². The van der Waals surface area contributed by atoms with E-state index >= 15 is 0 Å². The summed E-state index contributed by atoms with van der Waals surface area (Å²) < 4.78 is 5.30. The lowest BCUT2D eigenvalue weighted by Gasteiger charge is -2.31. The van der Waals surface area contributed by atoms with Gasteiger partial charge in [-0.05, 0) is 44.5 Å². The molecule has 0 aliphatic heterocycles. The van der Waals surface area contributed by atoms with Crippen molar-refractivity contribution in [1.29, 1.82) is 0 Å². The van der Waals surface area contributed by atoms with Crippen LogP contribution < -0.4 is 5.32 Å². The summed E-state index contributed by atoms with van der Waals surface area (Å²) in [6.45, 7) is 13.0. The predicted octanol–water partition coefficient (Wildman–Crippen LogP) is 5.10. The predicted molar refractivity (Wildman–Crippen MR) is 107 cm³/mol. The number of halogens is 1. The number of nitrogens with zero attached hydrogens (tertiary/aromatic N) is 1. The van der Waals surface area contributed by atoms with Gasteiger partial charge in [-0.2, -0.15) is 0 Å². The largest absolute Gasteiger partial charge is 0.360 e. The van der Waals surface area contributed by atoms with E-state index in [2.05, 4.69) is 10.5 Å². The van der Waals surface area contributed by atoms with Crippen LogP contribution in [0.5, 0.6) is 0 Å². The molecule has 0 bridgehead atoms. The van der Waals surface area contributed by atoms with Crippen molar-refractivity contribution in [2.45, 2.75) is 60.4 Å². The van der Waals surface area contributed by atoms with Gasteiger partial charge in [0.2, 0.25) is 0 Å². The summed E-state index contributed by atoms with van der Waals surface area (Å²) in [5.41, 5.74) is 1.60. The summed E-state index contributed by atoms with van der Waals surface area (Å²) in [7, 11) is 0. The Labute approximate surface area is 165 Å². The van der Waals surface area contributed by atoms with Gasteiger partial charge in [0.05, 0.1) is 5.69 Å². The average molecular weight is 391 g/mol. The van der Waals surface area contributed by atoms with Crippen LogP contribution in [0.1, 0.15) is 78.3 Å². The Hall–Kier alpha value is -2.14. The molecule has 0 aliphatic carbocycles. The Morgan fingerprint density at radius 3 is 2.37 bits per heavy atom. The van der Waals surface area contributed by atoms with Crippen molar-refractivity contribution in [1.82, 2.24) is 10.5 Å². The van der Waals surface area contributed by atoms with Crippen LogP contribution in [-0.2, 0) is 0 Å².